The quantitative estimate of drug-likeness (QED) is 0.777. The van der Waals surface area contributed by atoms with Crippen LogP contribution in [0.15, 0.2) is 35.2 Å². The first kappa shape index (κ1) is 15.6. The Bertz CT molecular complexity index is 677. The Balaban J connectivity index is 1.74. The predicted molar refractivity (Wildman–Crippen MR) is 96.3 cm³/mol. The second kappa shape index (κ2) is 6.88. The van der Waals surface area contributed by atoms with Crippen LogP contribution in [0.3, 0.4) is 0 Å². The van der Waals surface area contributed by atoms with Gasteiger partial charge in [-0.1, -0.05) is 19.4 Å². The highest BCUT2D eigenvalue weighted by molar-refractivity contribution is 7.98. The van der Waals surface area contributed by atoms with Gasteiger partial charge in [-0.3, -0.25) is 4.79 Å². The summed E-state index contributed by atoms with van der Waals surface area (Å²) >= 11 is 3.35. The van der Waals surface area contributed by atoms with Gasteiger partial charge in [0.15, 0.2) is 0 Å². The first-order valence-corrected chi connectivity index (χ1v) is 9.80. The predicted octanol–water partition coefficient (Wildman–Crippen LogP) is 5.24. The van der Waals surface area contributed by atoms with E-state index >= 15 is 0 Å². The van der Waals surface area contributed by atoms with Gasteiger partial charge >= 0.3 is 0 Å². The molecule has 1 aliphatic rings. The van der Waals surface area contributed by atoms with Gasteiger partial charge < -0.3 is 5.32 Å². The Morgan fingerprint density at radius 1 is 1.41 bits per heavy atom. The Kier molecular flexibility index (Phi) is 4.89. The van der Waals surface area contributed by atoms with Crippen LogP contribution in [0.25, 0.3) is 0 Å². The molecular formula is C18H21NOS2. The van der Waals surface area contributed by atoms with Crippen molar-refractivity contribution in [3.05, 3.63) is 45.6 Å². The van der Waals surface area contributed by atoms with E-state index < -0.39 is 0 Å². The maximum atomic E-state index is 12.5. The molecule has 0 saturated carbocycles. The molecule has 0 aliphatic heterocycles. The average Bonchev–Trinajstić information content (AvgIpc) is 2.98. The molecule has 1 amide bonds. The number of fused-ring (bicyclic) bond motifs is 1. The monoisotopic (exact) mass is 331 g/mol. The number of rotatable bonds is 4. The van der Waals surface area contributed by atoms with Crippen LogP contribution in [0, 0.1) is 5.92 Å². The van der Waals surface area contributed by atoms with Crippen LogP contribution in [0.2, 0.25) is 0 Å². The van der Waals surface area contributed by atoms with Gasteiger partial charge in [-0.15, -0.1) is 23.1 Å². The highest BCUT2D eigenvalue weighted by Crippen LogP contribution is 2.34. The fourth-order valence-corrected chi connectivity index (χ4v) is 4.52. The highest BCUT2D eigenvalue weighted by Gasteiger charge is 2.22. The normalized spacial score (nSPS) is 17.1. The summed E-state index contributed by atoms with van der Waals surface area (Å²) in [5.41, 5.74) is 2.26. The third-order valence-corrected chi connectivity index (χ3v) is 6.27. The fraction of sp³-hybridized carbons (Fsp3) is 0.389. The number of carbonyl (C=O) groups excluding carboxylic acids is 1. The Labute approximate surface area is 140 Å². The van der Waals surface area contributed by atoms with Gasteiger partial charge in [0.05, 0.1) is 4.88 Å². The maximum Gasteiger partial charge on any atom is 0.265 e. The molecule has 0 radical (unpaired) electrons. The number of aryl methyl sites for hydroxylation is 1. The van der Waals surface area contributed by atoms with Crippen molar-refractivity contribution in [3.63, 3.8) is 0 Å². The number of amides is 1. The van der Waals surface area contributed by atoms with E-state index in [1.807, 2.05) is 24.5 Å². The summed E-state index contributed by atoms with van der Waals surface area (Å²) in [5.74, 6) is 0.807. The molecule has 0 unspecified atom stereocenters. The Hall–Kier alpha value is -1.26. The molecule has 1 aromatic carbocycles. The van der Waals surface area contributed by atoms with Crippen molar-refractivity contribution in [2.75, 3.05) is 11.6 Å². The van der Waals surface area contributed by atoms with Crippen LogP contribution in [0.4, 0.5) is 5.69 Å². The number of benzene rings is 1. The standard InChI is InChI=1S/C18H21NOS2/c1-3-12-7-8-16-13(9-12)10-17(22-16)18(20)19-14-5-4-6-15(11-14)21-2/h4-6,10-12H,3,7-9H2,1-2H3,(H,19,20)/t12-/m0/s1. The van der Waals surface area contributed by atoms with Crippen LogP contribution < -0.4 is 5.32 Å². The molecule has 1 aliphatic carbocycles. The van der Waals surface area contributed by atoms with E-state index in [1.54, 1.807) is 23.1 Å². The molecule has 3 rings (SSSR count). The number of nitrogens with one attached hydrogen (secondary N) is 1. The minimum Gasteiger partial charge on any atom is -0.321 e. The number of thioether (sulfide) groups is 1. The molecule has 0 saturated heterocycles. The summed E-state index contributed by atoms with van der Waals surface area (Å²) < 4.78 is 0. The molecule has 2 aromatic rings. The van der Waals surface area contributed by atoms with Gasteiger partial charge in [0.1, 0.15) is 0 Å². The third kappa shape index (κ3) is 3.39. The number of hydrogen-bond donors (Lipinski definition) is 1. The molecule has 0 fully saturated rings. The van der Waals surface area contributed by atoms with E-state index in [0.717, 1.165) is 34.2 Å². The fourth-order valence-electron chi connectivity index (χ4n) is 2.95. The van der Waals surface area contributed by atoms with Gasteiger partial charge in [-0.25, -0.2) is 0 Å². The second-order valence-corrected chi connectivity index (χ2v) is 7.78. The van der Waals surface area contributed by atoms with Crippen molar-refractivity contribution in [2.45, 2.75) is 37.5 Å². The molecule has 4 heteroatoms. The Morgan fingerprint density at radius 2 is 2.27 bits per heavy atom. The van der Waals surface area contributed by atoms with E-state index in [1.165, 1.54) is 23.3 Å². The van der Waals surface area contributed by atoms with Crippen molar-refractivity contribution < 1.29 is 4.79 Å². The molecule has 22 heavy (non-hydrogen) atoms. The molecule has 116 valence electrons. The lowest BCUT2D eigenvalue weighted by Gasteiger charge is -2.19. The molecule has 0 spiro atoms. The van der Waals surface area contributed by atoms with Crippen LogP contribution >= 0.6 is 23.1 Å². The summed E-state index contributed by atoms with van der Waals surface area (Å²) in [6.45, 7) is 2.26. The van der Waals surface area contributed by atoms with Crippen LogP contribution in [-0.4, -0.2) is 12.2 Å². The number of carbonyl (C=O) groups is 1. The summed E-state index contributed by atoms with van der Waals surface area (Å²) in [6, 6.07) is 10.1. The van der Waals surface area contributed by atoms with E-state index in [9.17, 15) is 4.79 Å². The van der Waals surface area contributed by atoms with Crippen molar-refractivity contribution >= 4 is 34.7 Å². The summed E-state index contributed by atoms with van der Waals surface area (Å²) in [6.07, 6.45) is 6.81. The summed E-state index contributed by atoms with van der Waals surface area (Å²) in [7, 11) is 0. The van der Waals surface area contributed by atoms with Crippen LogP contribution in [-0.2, 0) is 12.8 Å². The summed E-state index contributed by atoms with van der Waals surface area (Å²) in [4.78, 5) is 15.9. The van der Waals surface area contributed by atoms with Gasteiger partial charge in [0, 0.05) is 15.5 Å². The summed E-state index contributed by atoms with van der Waals surface area (Å²) in [5, 5.41) is 3.03. The van der Waals surface area contributed by atoms with Gasteiger partial charge in [0.25, 0.3) is 5.91 Å². The highest BCUT2D eigenvalue weighted by atomic mass is 32.2. The van der Waals surface area contributed by atoms with Crippen molar-refractivity contribution in [3.8, 4) is 0 Å². The lowest BCUT2D eigenvalue weighted by atomic mass is 9.87. The molecule has 1 aromatic heterocycles. The first-order chi connectivity index (χ1) is 10.7. The Morgan fingerprint density at radius 3 is 3.05 bits per heavy atom. The average molecular weight is 332 g/mol. The van der Waals surface area contributed by atoms with Gasteiger partial charge in [-0.2, -0.15) is 0 Å². The lowest BCUT2D eigenvalue weighted by Crippen LogP contribution is -2.11. The number of hydrogen-bond acceptors (Lipinski definition) is 3. The topological polar surface area (TPSA) is 29.1 Å². The van der Waals surface area contributed by atoms with Gasteiger partial charge in [0.2, 0.25) is 0 Å². The number of thiophene rings is 1. The van der Waals surface area contributed by atoms with E-state index in [4.69, 9.17) is 0 Å². The first-order valence-electron chi connectivity index (χ1n) is 7.76. The molecule has 1 atom stereocenters. The zero-order chi connectivity index (χ0) is 15.5. The van der Waals surface area contributed by atoms with Crippen molar-refractivity contribution in [1.29, 1.82) is 0 Å². The van der Waals surface area contributed by atoms with E-state index in [0.29, 0.717) is 0 Å². The molecule has 1 heterocycles. The maximum absolute atomic E-state index is 12.5. The molecule has 2 nitrogen and oxygen atoms in total. The zero-order valence-electron chi connectivity index (χ0n) is 13.0. The van der Waals surface area contributed by atoms with Crippen LogP contribution in [0.5, 0.6) is 0 Å². The smallest absolute Gasteiger partial charge is 0.265 e. The number of anilines is 1. The zero-order valence-corrected chi connectivity index (χ0v) is 14.7. The molecule has 1 N–H and O–H groups in total. The largest absolute Gasteiger partial charge is 0.321 e. The third-order valence-electron chi connectivity index (χ3n) is 4.31. The SMILES string of the molecule is CC[C@H]1CCc2sc(C(=O)Nc3cccc(SC)c3)cc2C1. The van der Waals surface area contributed by atoms with Crippen molar-refractivity contribution in [1.82, 2.24) is 0 Å². The van der Waals surface area contributed by atoms with E-state index in [2.05, 4.69) is 24.4 Å². The minimum atomic E-state index is 0.0192. The van der Waals surface area contributed by atoms with E-state index in [-0.39, 0.29) is 5.91 Å². The van der Waals surface area contributed by atoms with Crippen molar-refractivity contribution in [2.24, 2.45) is 5.92 Å². The van der Waals surface area contributed by atoms with Gasteiger partial charge in [-0.05, 0) is 61.3 Å². The van der Waals surface area contributed by atoms with Crippen LogP contribution in [0.1, 0.15) is 39.9 Å². The molecule has 0 bridgehead atoms. The lowest BCUT2D eigenvalue weighted by molar-refractivity contribution is 0.103. The second-order valence-electron chi connectivity index (χ2n) is 5.76. The molecular weight excluding hydrogens is 310 g/mol. The minimum absolute atomic E-state index is 0.0192.